The Labute approximate surface area is 136 Å². The van der Waals surface area contributed by atoms with Gasteiger partial charge in [0, 0.05) is 21.8 Å². The maximum atomic E-state index is 14.0. The van der Waals surface area contributed by atoms with E-state index in [1.165, 1.54) is 0 Å². The molecule has 0 unspecified atom stereocenters. The van der Waals surface area contributed by atoms with Gasteiger partial charge in [-0.2, -0.15) is 0 Å². The highest BCUT2D eigenvalue weighted by atomic mass is 35.5. The molecule has 0 radical (unpaired) electrons. The predicted molar refractivity (Wildman–Crippen MR) is 95.4 cm³/mol. The molecule has 0 aliphatic rings. The van der Waals surface area contributed by atoms with Crippen molar-refractivity contribution >= 4 is 34.7 Å². The third-order valence-electron chi connectivity index (χ3n) is 3.69. The summed E-state index contributed by atoms with van der Waals surface area (Å²) in [5.41, 5.74) is 1.03. The highest BCUT2D eigenvalue weighted by Crippen LogP contribution is 2.42. The van der Waals surface area contributed by atoms with Crippen LogP contribution >= 0.6 is 18.7 Å². The molecule has 3 aromatic rings. The molecule has 110 valence electrons. The first kappa shape index (κ1) is 15.1. The normalized spacial score (nSPS) is 11.3. The fourth-order valence-corrected chi connectivity index (χ4v) is 5.34. The summed E-state index contributed by atoms with van der Waals surface area (Å²) >= 11 is 5.86. The molecule has 0 aromatic heterocycles. The molecule has 0 atom stereocenters. The first-order valence-corrected chi connectivity index (χ1v) is 9.36. The van der Waals surface area contributed by atoms with Gasteiger partial charge in [0.05, 0.1) is 0 Å². The Morgan fingerprint density at radius 1 is 0.636 bits per heavy atom. The van der Waals surface area contributed by atoms with E-state index in [4.69, 9.17) is 11.6 Å². The Kier molecular flexibility index (Phi) is 4.47. The largest absolute Gasteiger partial charge is 0.309 e. The second-order valence-corrected chi connectivity index (χ2v) is 8.12. The van der Waals surface area contributed by atoms with Gasteiger partial charge >= 0.3 is 0 Å². The van der Waals surface area contributed by atoms with Gasteiger partial charge < -0.3 is 4.57 Å². The summed E-state index contributed by atoms with van der Waals surface area (Å²) in [6.07, 6.45) is 0. The van der Waals surface area contributed by atoms with E-state index in [1.54, 1.807) is 0 Å². The van der Waals surface area contributed by atoms with Crippen LogP contribution in [0, 0.1) is 0 Å². The molecule has 1 nitrogen and oxygen atoms in total. The van der Waals surface area contributed by atoms with E-state index in [-0.39, 0.29) is 0 Å². The molecular formula is C19H16ClOP. The van der Waals surface area contributed by atoms with Gasteiger partial charge in [0.1, 0.15) is 0 Å². The van der Waals surface area contributed by atoms with Crippen molar-refractivity contribution < 1.29 is 4.57 Å². The van der Waals surface area contributed by atoms with Crippen LogP contribution in [0.15, 0.2) is 84.9 Å². The molecule has 22 heavy (non-hydrogen) atoms. The summed E-state index contributed by atoms with van der Waals surface area (Å²) in [5.74, 6) is 0.460. The van der Waals surface area contributed by atoms with Crippen LogP contribution in [0.25, 0.3) is 0 Å². The van der Waals surface area contributed by atoms with E-state index in [2.05, 4.69) is 0 Å². The molecule has 0 N–H and O–H groups in total. The molecule has 0 aliphatic carbocycles. The molecular weight excluding hydrogens is 311 g/mol. The predicted octanol–water partition coefficient (Wildman–Crippen LogP) is 4.06. The van der Waals surface area contributed by atoms with Crippen LogP contribution in [0.4, 0.5) is 0 Å². The molecule has 0 bridgehead atoms. The van der Waals surface area contributed by atoms with Crippen molar-refractivity contribution in [1.29, 1.82) is 0 Å². The molecule has 0 spiro atoms. The second-order valence-electron chi connectivity index (χ2n) is 5.08. The number of hydrogen-bond acceptors (Lipinski definition) is 1. The number of alkyl halides is 1. The quantitative estimate of drug-likeness (QED) is 0.522. The van der Waals surface area contributed by atoms with Gasteiger partial charge in [-0.3, -0.25) is 0 Å². The van der Waals surface area contributed by atoms with Crippen molar-refractivity contribution in [3.05, 3.63) is 90.5 Å². The molecule has 3 heteroatoms. The Morgan fingerprint density at radius 3 is 1.45 bits per heavy atom. The number of halogens is 1. The monoisotopic (exact) mass is 326 g/mol. The minimum absolute atomic E-state index is 0.460. The standard InChI is InChI=1S/C19H16ClOP/c20-15-16-11-13-19(14-12-16)22(21,17-7-3-1-4-8-17)18-9-5-2-6-10-18/h1-14H,15H2. The van der Waals surface area contributed by atoms with Gasteiger partial charge in [0.15, 0.2) is 7.14 Å². The lowest BCUT2D eigenvalue weighted by molar-refractivity contribution is 0.592. The van der Waals surface area contributed by atoms with E-state index >= 15 is 0 Å². The van der Waals surface area contributed by atoms with Gasteiger partial charge in [-0.1, -0.05) is 84.9 Å². The van der Waals surface area contributed by atoms with Crippen molar-refractivity contribution in [3.8, 4) is 0 Å². The van der Waals surface area contributed by atoms with Crippen molar-refractivity contribution in [2.24, 2.45) is 0 Å². The maximum absolute atomic E-state index is 14.0. The average molecular weight is 327 g/mol. The van der Waals surface area contributed by atoms with Gasteiger partial charge in [-0.05, 0) is 5.56 Å². The van der Waals surface area contributed by atoms with Crippen molar-refractivity contribution in [1.82, 2.24) is 0 Å². The number of hydrogen-bond donors (Lipinski definition) is 0. The van der Waals surface area contributed by atoms with E-state index in [0.29, 0.717) is 5.88 Å². The molecule has 0 aliphatic heterocycles. The summed E-state index contributed by atoms with van der Waals surface area (Å²) < 4.78 is 14.0. The molecule has 3 rings (SSSR count). The fourth-order valence-electron chi connectivity index (χ4n) is 2.52. The summed E-state index contributed by atoms with van der Waals surface area (Å²) in [6.45, 7) is 0. The zero-order valence-electron chi connectivity index (χ0n) is 12.0. The third kappa shape index (κ3) is 2.75. The molecule has 0 saturated carbocycles. The van der Waals surface area contributed by atoms with Crippen LogP contribution in [0.3, 0.4) is 0 Å². The second kappa shape index (κ2) is 6.52. The van der Waals surface area contributed by atoms with Crippen LogP contribution in [0.2, 0.25) is 0 Å². The van der Waals surface area contributed by atoms with E-state index < -0.39 is 7.14 Å². The van der Waals surface area contributed by atoms with Crippen LogP contribution in [-0.4, -0.2) is 0 Å². The minimum atomic E-state index is -2.85. The minimum Gasteiger partial charge on any atom is -0.309 e. The molecule has 3 aromatic carbocycles. The summed E-state index contributed by atoms with van der Waals surface area (Å²) in [6, 6.07) is 27.1. The van der Waals surface area contributed by atoms with Gasteiger partial charge in [0.2, 0.25) is 0 Å². The van der Waals surface area contributed by atoms with Gasteiger partial charge in [-0.15, -0.1) is 11.6 Å². The number of rotatable bonds is 4. The van der Waals surface area contributed by atoms with Crippen LogP contribution in [-0.2, 0) is 10.4 Å². The fraction of sp³-hybridized carbons (Fsp3) is 0.0526. The third-order valence-corrected chi connectivity index (χ3v) is 7.08. The summed E-state index contributed by atoms with van der Waals surface area (Å²) in [5, 5.41) is 2.53. The molecule has 0 fully saturated rings. The first-order chi connectivity index (χ1) is 10.7. The Balaban J connectivity index is 2.21. The topological polar surface area (TPSA) is 17.1 Å². The zero-order valence-corrected chi connectivity index (χ0v) is 13.7. The Morgan fingerprint density at radius 2 is 1.05 bits per heavy atom. The Bertz CT molecular complexity index is 739. The van der Waals surface area contributed by atoms with Gasteiger partial charge in [-0.25, -0.2) is 0 Å². The maximum Gasteiger partial charge on any atom is 0.171 e. The zero-order chi connectivity index (χ0) is 15.4. The lowest BCUT2D eigenvalue weighted by Gasteiger charge is -2.20. The van der Waals surface area contributed by atoms with Gasteiger partial charge in [0.25, 0.3) is 0 Å². The molecule has 0 heterocycles. The molecule has 0 amide bonds. The SMILES string of the molecule is O=P(c1ccccc1)(c1ccccc1)c1ccc(CCl)cc1. The highest BCUT2D eigenvalue weighted by molar-refractivity contribution is 7.85. The van der Waals surface area contributed by atoms with Crippen molar-refractivity contribution in [3.63, 3.8) is 0 Å². The highest BCUT2D eigenvalue weighted by Gasteiger charge is 2.29. The van der Waals surface area contributed by atoms with E-state index in [9.17, 15) is 4.57 Å². The van der Waals surface area contributed by atoms with Crippen molar-refractivity contribution in [2.45, 2.75) is 5.88 Å². The summed E-state index contributed by atoms with van der Waals surface area (Å²) in [7, 11) is -2.85. The smallest absolute Gasteiger partial charge is 0.171 e. The van der Waals surface area contributed by atoms with Crippen LogP contribution in [0.5, 0.6) is 0 Å². The summed E-state index contributed by atoms with van der Waals surface area (Å²) in [4.78, 5) is 0. The van der Waals surface area contributed by atoms with E-state index in [1.807, 2.05) is 84.9 Å². The number of benzene rings is 3. The van der Waals surface area contributed by atoms with Crippen LogP contribution in [0.1, 0.15) is 5.56 Å². The molecule has 0 saturated heterocycles. The van der Waals surface area contributed by atoms with Crippen molar-refractivity contribution in [2.75, 3.05) is 0 Å². The first-order valence-electron chi connectivity index (χ1n) is 7.12. The lowest BCUT2D eigenvalue weighted by Crippen LogP contribution is -2.24. The Hall–Kier alpha value is -1.82. The average Bonchev–Trinajstić information content (AvgIpc) is 2.62. The van der Waals surface area contributed by atoms with Crippen LogP contribution < -0.4 is 15.9 Å². The van der Waals surface area contributed by atoms with E-state index in [0.717, 1.165) is 21.5 Å². The lowest BCUT2D eigenvalue weighted by atomic mass is 10.2.